The van der Waals surface area contributed by atoms with Gasteiger partial charge in [-0.25, -0.2) is 9.37 Å². The molecule has 1 saturated heterocycles. The number of hydrogen-bond donors (Lipinski definition) is 0. The first kappa shape index (κ1) is 19.6. The number of benzene rings is 2. The first-order valence-corrected chi connectivity index (χ1v) is 10.7. The van der Waals surface area contributed by atoms with Gasteiger partial charge in [-0.05, 0) is 42.8 Å². The monoisotopic (exact) mass is 412 g/mol. The van der Waals surface area contributed by atoms with Crippen molar-refractivity contribution in [1.29, 1.82) is 0 Å². The highest BCUT2D eigenvalue weighted by Crippen LogP contribution is 2.34. The highest BCUT2D eigenvalue weighted by Gasteiger charge is 2.28. The van der Waals surface area contributed by atoms with E-state index in [9.17, 15) is 4.39 Å². The van der Waals surface area contributed by atoms with E-state index >= 15 is 0 Å². The number of pyridine rings is 1. The summed E-state index contributed by atoms with van der Waals surface area (Å²) in [6, 6.07) is 21.2. The lowest BCUT2D eigenvalue weighted by Gasteiger charge is -2.16. The van der Waals surface area contributed by atoms with Gasteiger partial charge in [-0.15, -0.1) is 0 Å². The zero-order chi connectivity index (χ0) is 21.2. The van der Waals surface area contributed by atoms with Gasteiger partial charge in [-0.1, -0.05) is 42.5 Å². The molecular weight excluding hydrogens is 387 g/mol. The SMILES string of the molecule is Cn1c(-c2cccnc2-c2cccc(F)c2)cnc1C1CCN(Cc2ccccc2)C1. The van der Waals surface area contributed by atoms with E-state index in [0.717, 1.165) is 54.4 Å². The Hall–Kier alpha value is -3.31. The van der Waals surface area contributed by atoms with Crippen molar-refractivity contribution in [1.82, 2.24) is 19.4 Å². The minimum absolute atomic E-state index is 0.260. The van der Waals surface area contributed by atoms with Gasteiger partial charge >= 0.3 is 0 Å². The molecule has 156 valence electrons. The van der Waals surface area contributed by atoms with Crippen LogP contribution in [0.25, 0.3) is 22.5 Å². The summed E-state index contributed by atoms with van der Waals surface area (Å²) in [6.45, 7) is 3.05. The summed E-state index contributed by atoms with van der Waals surface area (Å²) in [6.07, 6.45) is 4.77. The van der Waals surface area contributed by atoms with Gasteiger partial charge in [0.2, 0.25) is 0 Å². The van der Waals surface area contributed by atoms with Crippen LogP contribution >= 0.6 is 0 Å². The van der Waals surface area contributed by atoms with Crippen molar-refractivity contribution in [2.75, 3.05) is 13.1 Å². The summed E-state index contributed by atoms with van der Waals surface area (Å²) in [5.41, 5.74) is 4.86. The molecule has 0 bridgehead atoms. The zero-order valence-corrected chi connectivity index (χ0v) is 17.6. The minimum Gasteiger partial charge on any atom is -0.331 e. The van der Waals surface area contributed by atoms with Gasteiger partial charge in [0.1, 0.15) is 11.6 Å². The van der Waals surface area contributed by atoms with E-state index in [1.165, 1.54) is 17.7 Å². The molecule has 2 aromatic carbocycles. The van der Waals surface area contributed by atoms with E-state index in [2.05, 4.69) is 51.8 Å². The number of halogens is 1. The van der Waals surface area contributed by atoms with Crippen molar-refractivity contribution in [3.8, 4) is 22.5 Å². The highest BCUT2D eigenvalue weighted by atomic mass is 19.1. The number of likely N-dealkylation sites (tertiary alicyclic amines) is 1. The standard InChI is InChI=1S/C26H25FN4/c1-30-24(23-11-6-13-28-25(23)20-9-5-10-22(27)15-20)16-29-26(30)21-12-14-31(18-21)17-19-7-3-2-4-8-19/h2-11,13,15-16,21H,12,14,17-18H2,1H3. The first-order valence-electron chi connectivity index (χ1n) is 10.7. The van der Waals surface area contributed by atoms with Crippen molar-refractivity contribution >= 4 is 0 Å². The molecule has 1 atom stereocenters. The third kappa shape index (κ3) is 4.01. The Morgan fingerprint density at radius 2 is 1.87 bits per heavy atom. The van der Waals surface area contributed by atoms with Crippen molar-refractivity contribution in [2.45, 2.75) is 18.9 Å². The molecule has 5 rings (SSSR count). The van der Waals surface area contributed by atoms with Gasteiger partial charge in [-0.3, -0.25) is 9.88 Å². The van der Waals surface area contributed by atoms with Gasteiger partial charge in [-0.2, -0.15) is 0 Å². The van der Waals surface area contributed by atoms with E-state index in [1.54, 1.807) is 12.3 Å². The predicted octanol–water partition coefficient (Wildman–Crippen LogP) is 5.28. The van der Waals surface area contributed by atoms with Gasteiger partial charge in [0.15, 0.2) is 0 Å². The Morgan fingerprint density at radius 3 is 2.71 bits per heavy atom. The molecule has 31 heavy (non-hydrogen) atoms. The normalized spacial score (nSPS) is 16.6. The van der Waals surface area contributed by atoms with Crippen molar-refractivity contribution in [3.63, 3.8) is 0 Å². The molecule has 1 fully saturated rings. The van der Waals surface area contributed by atoms with Gasteiger partial charge in [0.05, 0.1) is 17.6 Å². The van der Waals surface area contributed by atoms with Crippen molar-refractivity contribution in [3.05, 3.63) is 96.3 Å². The van der Waals surface area contributed by atoms with Crippen LogP contribution in [0.15, 0.2) is 79.1 Å². The van der Waals surface area contributed by atoms with Crippen LogP contribution in [0.1, 0.15) is 23.7 Å². The van der Waals surface area contributed by atoms with Crippen LogP contribution in [-0.4, -0.2) is 32.5 Å². The van der Waals surface area contributed by atoms with Gasteiger partial charge < -0.3 is 4.57 Å². The van der Waals surface area contributed by atoms with Crippen LogP contribution in [0.5, 0.6) is 0 Å². The van der Waals surface area contributed by atoms with Crippen LogP contribution in [0, 0.1) is 5.82 Å². The smallest absolute Gasteiger partial charge is 0.123 e. The summed E-state index contributed by atoms with van der Waals surface area (Å²) in [7, 11) is 2.07. The van der Waals surface area contributed by atoms with E-state index < -0.39 is 0 Å². The Kier molecular flexibility index (Phi) is 5.35. The summed E-state index contributed by atoms with van der Waals surface area (Å²) < 4.78 is 16.0. The van der Waals surface area contributed by atoms with Crippen LogP contribution < -0.4 is 0 Å². The van der Waals surface area contributed by atoms with Crippen LogP contribution in [-0.2, 0) is 13.6 Å². The molecule has 0 amide bonds. The molecule has 3 heterocycles. The maximum absolute atomic E-state index is 13.8. The average Bonchev–Trinajstić information content (AvgIpc) is 3.40. The van der Waals surface area contributed by atoms with Crippen LogP contribution in [0.3, 0.4) is 0 Å². The van der Waals surface area contributed by atoms with Gasteiger partial charge in [0.25, 0.3) is 0 Å². The minimum atomic E-state index is -0.260. The molecule has 0 spiro atoms. The van der Waals surface area contributed by atoms with Crippen LogP contribution in [0.4, 0.5) is 4.39 Å². The van der Waals surface area contributed by atoms with Gasteiger partial charge in [0, 0.05) is 43.4 Å². The average molecular weight is 413 g/mol. The molecule has 4 nitrogen and oxygen atoms in total. The fourth-order valence-corrected chi connectivity index (χ4v) is 4.56. The fourth-order valence-electron chi connectivity index (χ4n) is 4.56. The van der Waals surface area contributed by atoms with E-state index in [1.807, 2.05) is 24.4 Å². The highest BCUT2D eigenvalue weighted by molar-refractivity contribution is 5.79. The lowest BCUT2D eigenvalue weighted by molar-refractivity contribution is 0.325. The third-order valence-electron chi connectivity index (χ3n) is 6.09. The zero-order valence-electron chi connectivity index (χ0n) is 17.6. The second-order valence-corrected chi connectivity index (χ2v) is 8.18. The molecule has 0 N–H and O–H groups in total. The Morgan fingerprint density at radius 1 is 1.00 bits per heavy atom. The topological polar surface area (TPSA) is 34.0 Å². The quantitative estimate of drug-likeness (QED) is 0.447. The summed E-state index contributed by atoms with van der Waals surface area (Å²) in [5.74, 6) is 1.24. The Bertz CT molecular complexity index is 1190. The van der Waals surface area contributed by atoms with Crippen molar-refractivity contribution in [2.24, 2.45) is 7.05 Å². The maximum Gasteiger partial charge on any atom is 0.123 e. The lowest BCUT2D eigenvalue weighted by atomic mass is 10.0. The molecule has 5 heteroatoms. The van der Waals surface area contributed by atoms with Crippen molar-refractivity contribution < 1.29 is 4.39 Å². The molecule has 1 aliphatic heterocycles. The number of aromatic nitrogens is 3. The molecule has 0 aliphatic carbocycles. The molecule has 1 unspecified atom stereocenters. The summed E-state index contributed by atoms with van der Waals surface area (Å²) in [5, 5.41) is 0. The molecule has 0 radical (unpaired) electrons. The largest absolute Gasteiger partial charge is 0.331 e. The van der Waals surface area contributed by atoms with E-state index in [0.29, 0.717) is 5.92 Å². The number of hydrogen-bond acceptors (Lipinski definition) is 3. The predicted molar refractivity (Wildman–Crippen MR) is 121 cm³/mol. The molecule has 0 saturated carbocycles. The molecule has 2 aromatic heterocycles. The fraction of sp³-hybridized carbons (Fsp3) is 0.231. The lowest BCUT2D eigenvalue weighted by Crippen LogP contribution is -2.20. The first-order chi connectivity index (χ1) is 15.2. The molecule has 4 aromatic rings. The molecule has 1 aliphatic rings. The maximum atomic E-state index is 13.8. The second-order valence-electron chi connectivity index (χ2n) is 8.18. The number of imidazole rings is 1. The molecular formula is C26H25FN4. The summed E-state index contributed by atoms with van der Waals surface area (Å²) >= 11 is 0. The third-order valence-corrected chi connectivity index (χ3v) is 6.09. The number of rotatable bonds is 5. The Labute approximate surface area is 182 Å². The Balaban J connectivity index is 1.41. The number of nitrogens with zero attached hydrogens (tertiary/aromatic N) is 4. The van der Waals surface area contributed by atoms with E-state index in [4.69, 9.17) is 4.98 Å². The second kappa shape index (κ2) is 8.44. The van der Waals surface area contributed by atoms with E-state index in [-0.39, 0.29) is 5.82 Å². The summed E-state index contributed by atoms with van der Waals surface area (Å²) in [4.78, 5) is 11.9. The van der Waals surface area contributed by atoms with Crippen LogP contribution in [0.2, 0.25) is 0 Å².